The predicted octanol–water partition coefficient (Wildman–Crippen LogP) is -7.90. The van der Waals surface area contributed by atoms with Gasteiger partial charge in [-0.25, -0.2) is 22.3 Å². The second-order valence-corrected chi connectivity index (χ2v) is 9.05. The number of rotatable bonds is 2. The first-order chi connectivity index (χ1) is 11.3. The van der Waals surface area contributed by atoms with Gasteiger partial charge in [-0.1, -0.05) is 12.1 Å². The molecule has 14 nitrogen and oxygen atoms in total. The Balaban J connectivity index is -0.000000352. The number of amides is 1. The summed E-state index contributed by atoms with van der Waals surface area (Å²) in [5.41, 5.74) is 0.220. The van der Waals surface area contributed by atoms with Crippen LogP contribution in [0.1, 0.15) is 10.4 Å². The molecule has 21 heteroatoms. The first-order valence-electron chi connectivity index (χ1n) is 5.52. The van der Waals surface area contributed by atoms with Crippen molar-refractivity contribution in [3.8, 4) is 0 Å². The second kappa shape index (κ2) is 12.7. The molecular formula is C7H9FNNa2O13P3S. The molecule has 0 unspecified atom stereocenters. The smallest absolute Gasteiger partial charge is 0.789 e. The molecule has 1 aromatic rings. The van der Waals surface area contributed by atoms with E-state index in [4.69, 9.17) is 24.1 Å². The number of carbonyl (C=O) groups is 1. The Morgan fingerprint density at radius 3 is 1.68 bits per heavy atom. The molecule has 5 N–H and O–H groups in total. The van der Waals surface area contributed by atoms with Crippen molar-refractivity contribution in [2.75, 3.05) is 0 Å². The molecule has 0 bridgehead atoms. The van der Waals surface area contributed by atoms with Gasteiger partial charge in [0.15, 0.2) is 0 Å². The number of benzene rings is 1. The SMILES string of the molecule is O=C1NS(=O)(=O)c2ccccc21.O=P(O)(O)F.O=P([O-])([O-])OP(=O)(O)O.[Na+].[Na+]. The fourth-order valence-electron chi connectivity index (χ4n) is 1.25. The van der Waals surface area contributed by atoms with E-state index in [1.807, 2.05) is 4.72 Å². The molecule has 0 atom stereocenters. The maximum Gasteiger partial charge on any atom is 1.00 e. The van der Waals surface area contributed by atoms with Gasteiger partial charge in [-0.05, 0) is 12.1 Å². The Morgan fingerprint density at radius 2 is 1.39 bits per heavy atom. The zero-order valence-electron chi connectivity index (χ0n) is 13.9. The van der Waals surface area contributed by atoms with Gasteiger partial charge in [0.1, 0.15) is 4.90 Å². The van der Waals surface area contributed by atoms with Crippen LogP contribution in [0.4, 0.5) is 4.20 Å². The maximum absolute atomic E-state index is 11.1. The van der Waals surface area contributed by atoms with Gasteiger partial charge in [-0.3, -0.25) is 18.9 Å². The maximum atomic E-state index is 11.1. The van der Waals surface area contributed by atoms with Crippen molar-refractivity contribution in [2.24, 2.45) is 0 Å². The molecule has 0 saturated carbocycles. The number of hydrogen-bond acceptors (Lipinski definition) is 9. The molecule has 28 heavy (non-hydrogen) atoms. The molecule has 0 fully saturated rings. The third-order valence-electron chi connectivity index (χ3n) is 1.85. The van der Waals surface area contributed by atoms with Crippen LogP contribution in [-0.2, 0) is 28.0 Å². The van der Waals surface area contributed by atoms with E-state index >= 15 is 0 Å². The van der Waals surface area contributed by atoms with E-state index < -0.39 is 39.5 Å². The van der Waals surface area contributed by atoms with Gasteiger partial charge < -0.3 is 24.1 Å². The number of hydrogen-bond donors (Lipinski definition) is 5. The summed E-state index contributed by atoms with van der Waals surface area (Å²) in [6.45, 7) is 0. The molecule has 0 aliphatic carbocycles. The molecule has 1 aliphatic heterocycles. The number of fused-ring (bicyclic) bond motifs is 1. The Kier molecular flexibility index (Phi) is 15.3. The van der Waals surface area contributed by atoms with Gasteiger partial charge in [-0.15, -0.1) is 4.20 Å². The summed E-state index contributed by atoms with van der Waals surface area (Å²) in [5, 5.41) is 0. The van der Waals surface area contributed by atoms with E-state index in [-0.39, 0.29) is 69.6 Å². The monoisotopic (exact) mass is 505 g/mol. The van der Waals surface area contributed by atoms with Crippen LogP contribution < -0.4 is 73.6 Å². The first-order valence-corrected chi connectivity index (χ1v) is 11.5. The minimum atomic E-state index is -5.55. The summed E-state index contributed by atoms with van der Waals surface area (Å²) in [5.74, 6) is -0.550. The molecule has 0 spiro atoms. The van der Waals surface area contributed by atoms with Crippen LogP contribution in [0.5, 0.6) is 0 Å². The number of phosphoric acid groups is 2. The molecule has 1 aromatic carbocycles. The van der Waals surface area contributed by atoms with Crippen molar-refractivity contribution in [3.63, 3.8) is 0 Å². The minimum absolute atomic E-state index is 0. The number of carbonyl (C=O) groups excluding carboxylic acids is 1. The Bertz CT molecular complexity index is 880. The summed E-state index contributed by atoms with van der Waals surface area (Å²) in [4.78, 5) is 59.1. The van der Waals surface area contributed by atoms with Crippen molar-refractivity contribution >= 4 is 39.5 Å². The van der Waals surface area contributed by atoms with Gasteiger partial charge in [0, 0.05) is 0 Å². The fraction of sp³-hybridized carbons (Fsp3) is 0. The normalized spacial score (nSPS) is 14.5. The van der Waals surface area contributed by atoms with E-state index in [2.05, 4.69) is 4.31 Å². The molecule has 0 radical (unpaired) electrons. The standard InChI is InChI=1S/C7H5NO3S.FH2O3P.2Na.H4O7P2/c9-7-5-3-1-2-4-6(5)12(10,11)8-7;1-5(2,3)4;;;1-8(2,3)7-9(4,5)6/h1-4H,(H,8,9);(H2,2,3,4);;;(H2,1,2,3)(H2,4,5,6)/q;;2*+1;/p-2. The van der Waals surface area contributed by atoms with Gasteiger partial charge in [0.25, 0.3) is 15.9 Å². The number of halogens is 1. The Morgan fingerprint density at radius 1 is 1.00 bits per heavy atom. The number of nitrogens with one attached hydrogen (secondary N) is 1. The minimum Gasteiger partial charge on any atom is -0.789 e. The zero-order chi connectivity index (χ0) is 21.0. The van der Waals surface area contributed by atoms with E-state index in [0.717, 1.165) is 0 Å². The molecule has 150 valence electrons. The topological polar surface area (TPSA) is 251 Å². The molecule has 1 heterocycles. The molecule has 0 aromatic heterocycles. The largest absolute Gasteiger partial charge is 1.00 e. The first kappa shape index (κ1) is 33.6. The Labute approximate surface area is 201 Å². The van der Waals surface area contributed by atoms with Crippen molar-refractivity contribution in [1.29, 1.82) is 0 Å². The van der Waals surface area contributed by atoms with Crippen LogP contribution in [0, 0.1) is 0 Å². The van der Waals surface area contributed by atoms with Crippen LogP contribution in [0.3, 0.4) is 0 Å². The fourth-order valence-corrected chi connectivity index (χ4v) is 3.46. The molecule has 1 amide bonds. The van der Waals surface area contributed by atoms with Crippen LogP contribution in [0.25, 0.3) is 0 Å². The Hall–Kier alpha value is 0.980. The van der Waals surface area contributed by atoms with E-state index in [1.54, 1.807) is 12.1 Å². The quantitative estimate of drug-likeness (QED) is 0.185. The summed E-state index contributed by atoms with van der Waals surface area (Å²) in [6, 6.07) is 6.09. The van der Waals surface area contributed by atoms with Crippen molar-refractivity contribution in [1.82, 2.24) is 4.72 Å². The van der Waals surface area contributed by atoms with Crippen LogP contribution in [0.2, 0.25) is 0 Å². The van der Waals surface area contributed by atoms with Crippen molar-refractivity contribution < 1.29 is 124 Å². The molecule has 0 saturated heterocycles. The zero-order valence-corrected chi connectivity index (χ0v) is 21.4. The van der Waals surface area contributed by atoms with Crippen molar-refractivity contribution in [2.45, 2.75) is 4.90 Å². The molecule has 2 rings (SSSR count). The van der Waals surface area contributed by atoms with E-state index in [9.17, 15) is 36.3 Å². The van der Waals surface area contributed by atoms with E-state index in [1.165, 1.54) is 12.1 Å². The van der Waals surface area contributed by atoms with Gasteiger partial charge >= 0.3 is 74.8 Å². The van der Waals surface area contributed by atoms with Gasteiger partial charge in [0.05, 0.1) is 13.4 Å². The molecular weight excluding hydrogens is 496 g/mol. The van der Waals surface area contributed by atoms with Crippen LogP contribution in [0.15, 0.2) is 29.2 Å². The second-order valence-electron chi connectivity index (χ2n) is 3.92. The predicted molar refractivity (Wildman–Crippen MR) is 75.0 cm³/mol. The third-order valence-corrected chi connectivity index (χ3v) is 4.89. The third kappa shape index (κ3) is 16.7. The van der Waals surface area contributed by atoms with Crippen molar-refractivity contribution in [3.05, 3.63) is 29.8 Å². The summed E-state index contributed by atoms with van der Waals surface area (Å²) in [6.07, 6.45) is 0. The van der Waals surface area contributed by atoms with Gasteiger partial charge in [0.2, 0.25) is 0 Å². The average molecular weight is 505 g/mol. The number of sulfonamides is 1. The van der Waals surface area contributed by atoms with Crippen LogP contribution in [-0.4, -0.2) is 33.9 Å². The molecule has 1 aliphatic rings. The van der Waals surface area contributed by atoms with Crippen LogP contribution >= 0.6 is 23.6 Å². The van der Waals surface area contributed by atoms with E-state index in [0.29, 0.717) is 0 Å². The summed E-state index contributed by atoms with van der Waals surface area (Å²) < 4.78 is 64.9. The van der Waals surface area contributed by atoms with Gasteiger partial charge in [-0.2, -0.15) is 0 Å². The summed E-state index contributed by atoms with van der Waals surface area (Å²) in [7, 11) is -19.4. The summed E-state index contributed by atoms with van der Waals surface area (Å²) >= 11 is 0. The average Bonchev–Trinajstić information content (AvgIpc) is 2.54.